The molecule has 6 nitrogen and oxygen atoms in total. The van der Waals surface area contributed by atoms with Gasteiger partial charge in [-0.2, -0.15) is 5.10 Å². The van der Waals surface area contributed by atoms with Gasteiger partial charge < -0.3 is 15.1 Å². The topological polar surface area (TPSA) is 64.3 Å². The molecular formula is C17H31N5O. The number of H-pyrrole nitrogens is 1. The zero-order valence-electron chi connectivity index (χ0n) is 15.0. The summed E-state index contributed by atoms with van der Waals surface area (Å²) in [5.74, 6) is 0. The molecule has 130 valence electrons. The molecular weight excluding hydrogens is 290 g/mol. The molecule has 2 heterocycles. The lowest BCUT2D eigenvalue weighted by atomic mass is 10.0. The van der Waals surface area contributed by atoms with Crippen molar-refractivity contribution in [1.29, 1.82) is 0 Å². The van der Waals surface area contributed by atoms with Crippen LogP contribution in [-0.4, -0.2) is 65.8 Å². The van der Waals surface area contributed by atoms with Crippen LogP contribution < -0.4 is 5.32 Å². The number of aromatic nitrogens is 2. The summed E-state index contributed by atoms with van der Waals surface area (Å²) in [6.45, 7) is 6.66. The van der Waals surface area contributed by atoms with E-state index in [-0.39, 0.29) is 6.03 Å². The third-order valence-electron chi connectivity index (χ3n) is 5.00. The fourth-order valence-electron chi connectivity index (χ4n) is 3.31. The second-order valence-corrected chi connectivity index (χ2v) is 6.73. The number of carbonyl (C=O) groups excluding carboxylic acids is 1. The second-order valence-electron chi connectivity index (χ2n) is 6.73. The average Bonchev–Trinajstić information content (AvgIpc) is 2.85. The van der Waals surface area contributed by atoms with Crippen LogP contribution in [0.2, 0.25) is 0 Å². The molecule has 1 unspecified atom stereocenters. The van der Waals surface area contributed by atoms with Crippen LogP contribution in [0.5, 0.6) is 0 Å². The van der Waals surface area contributed by atoms with Gasteiger partial charge in [0.2, 0.25) is 0 Å². The Kier molecular flexibility index (Phi) is 6.45. The highest BCUT2D eigenvalue weighted by atomic mass is 16.2. The SMILES string of the molecule is Cc1n[nH]c(C)c1CCN(C)C(=O)NCCC1CCCCN1C. The Morgan fingerprint density at radius 2 is 2.22 bits per heavy atom. The predicted octanol–water partition coefficient (Wildman–Crippen LogP) is 2.08. The third-order valence-corrected chi connectivity index (χ3v) is 5.00. The van der Waals surface area contributed by atoms with Crippen LogP contribution in [0.15, 0.2) is 0 Å². The Hall–Kier alpha value is -1.56. The van der Waals surface area contributed by atoms with Crippen molar-refractivity contribution in [3.63, 3.8) is 0 Å². The van der Waals surface area contributed by atoms with Crippen LogP contribution in [0.1, 0.15) is 42.6 Å². The van der Waals surface area contributed by atoms with Crippen molar-refractivity contribution in [2.75, 3.05) is 33.7 Å². The molecule has 1 aromatic rings. The molecule has 1 aliphatic rings. The maximum absolute atomic E-state index is 12.2. The molecule has 0 spiro atoms. The van der Waals surface area contributed by atoms with Crippen LogP contribution in [0.3, 0.4) is 0 Å². The van der Waals surface area contributed by atoms with Crippen LogP contribution in [0, 0.1) is 13.8 Å². The molecule has 0 aromatic carbocycles. The van der Waals surface area contributed by atoms with Crippen molar-refractivity contribution >= 4 is 6.03 Å². The largest absolute Gasteiger partial charge is 0.338 e. The highest BCUT2D eigenvalue weighted by Crippen LogP contribution is 2.17. The first-order chi connectivity index (χ1) is 11.0. The van der Waals surface area contributed by atoms with Gasteiger partial charge in [0.05, 0.1) is 5.69 Å². The molecule has 1 aliphatic heterocycles. The first kappa shape index (κ1) is 17.8. The monoisotopic (exact) mass is 321 g/mol. The van der Waals surface area contributed by atoms with E-state index < -0.39 is 0 Å². The highest BCUT2D eigenvalue weighted by molar-refractivity contribution is 5.73. The van der Waals surface area contributed by atoms with Gasteiger partial charge in [-0.05, 0) is 58.7 Å². The number of carbonyl (C=O) groups is 1. The van der Waals surface area contributed by atoms with Crippen LogP contribution in [0.25, 0.3) is 0 Å². The summed E-state index contributed by atoms with van der Waals surface area (Å²) < 4.78 is 0. The Balaban J connectivity index is 1.68. The normalized spacial score (nSPS) is 18.9. The quantitative estimate of drug-likeness (QED) is 0.843. The van der Waals surface area contributed by atoms with Crippen molar-refractivity contribution < 1.29 is 4.79 Å². The van der Waals surface area contributed by atoms with Crippen LogP contribution >= 0.6 is 0 Å². The van der Waals surface area contributed by atoms with E-state index in [9.17, 15) is 4.79 Å². The van der Waals surface area contributed by atoms with Gasteiger partial charge in [-0.15, -0.1) is 0 Å². The standard InChI is InChI=1S/C17H31N5O/c1-13-16(14(2)20-19-13)9-12-22(4)17(23)18-10-8-15-7-5-6-11-21(15)3/h15H,5-12H2,1-4H3,(H,18,23)(H,19,20). The highest BCUT2D eigenvalue weighted by Gasteiger charge is 2.19. The van der Waals surface area contributed by atoms with Gasteiger partial charge in [-0.3, -0.25) is 5.10 Å². The lowest BCUT2D eigenvalue weighted by molar-refractivity contribution is 0.173. The van der Waals surface area contributed by atoms with Gasteiger partial charge in [0, 0.05) is 31.9 Å². The summed E-state index contributed by atoms with van der Waals surface area (Å²) >= 11 is 0. The molecule has 1 atom stereocenters. The van der Waals surface area contributed by atoms with E-state index in [0.717, 1.165) is 30.8 Å². The van der Waals surface area contributed by atoms with E-state index in [4.69, 9.17) is 0 Å². The first-order valence-corrected chi connectivity index (χ1v) is 8.68. The Morgan fingerprint density at radius 1 is 1.43 bits per heavy atom. The van der Waals surface area contributed by atoms with Crippen molar-refractivity contribution in [1.82, 2.24) is 25.3 Å². The molecule has 6 heteroatoms. The van der Waals surface area contributed by atoms with E-state index in [1.165, 1.54) is 31.4 Å². The number of nitrogens with zero attached hydrogens (tertiary/aromatic N) is 3. The summed E-state index contributed by atoms with van der Waals surface area (Å²) in [6, 6.07) is 0.632. The van der Waals surface area contributed by atoms with E-state index in [2.05, 4.69) is 27.5 Å². The summed E-state index contributed by atoms with van der Waals surface area (Å²) in [5, 5.41) is 10.2. The Labute approximate surface area is 139 Å². The molecule has 2 amide bonds. The molecule has 1 saturated heterocycles. The summed E-state index contributed by atoms with van der Waals surface area (Å²) in [5.41, 5.74) is 3.33. The van der Waals surface area contributed by atoms with Gasteiger partial charge in [-0.1, -0.05) is 6.42 Å². The van der Waals surface area contributed by atoms with E-state index in [0.29, 0.717) is 12.6 Å². The minimum Gasteiger partial charge on any atom is -0.338 e. The van der Waals surface area contributed by atoms with Gasteiger partial charge >= 0.3 is 6.03 Å². The zero-order chi connectivity index (χ0) is 16.8. The number of hydrogen-bond donors (Lipinski definition) is 2. The number of amides is 2. The maximum atomic E-state index is 12.2. The third kappa shape index (κ3) is 4.96. The lowest BCUT2D eigenvalue weighted by Gasteiger charge is -2.32. The fraction of sp³-hybridized carbons (Fsp3) is 0.765. The van der Waals surface area contributed by atoms with Gasteiger partial charge in [0.1, 0.15) is 0 Å². The lowest BCUT2D eigenvalue weighted by Crippen LogP contribution is -2.42. The number of rotatable bonds is 6. The van der Waals surface area contributed by atoms with Gasteiger partial charge in [-0.25, -0.2) is 4.79 Å². The minimum atomic E-state index is 0.0160. The molecule has 1 aromatic heterocycles. The van der Waals surface area contributed by atoms with E-state index >= 15 is 0 Å². The van der Waals surface area contributed by atoms with Crippen molar-refractivity contribution in [3.05, 3.63) is 17.0 Å². The molecule has 0 aliphatic carbocycles. The van der Waals surface area contributed by atoms with Crippen LogP contribution in [-0.2, 0) is 6.42 Å². The predicted molar refractivity (Wildman–Crippen MR) is 92.7 cm³/mol. The van der Waals surface area contributed by atoms with Gasteiger partial charge in [0.25, 0.3) is 0 Å². The molecule has 0 bridgehead atoms. The van der Waals surface area contributed by atoms with Crippen molar-refractivity contribution in [2.45, 2.75) is 52.0 Å². The number of likely N-dealkylation sites (N-methyl/N-ethyl adjacent to an activating group) is 1. The molecule has 2 N–H and O–H groups in total. The molecule has 2 rings (SSSR count). The first-order valence-electron chi connectivity index (χ1n) is 8.68. The second kappa shape index (κ2) is 8.34. The molecule has 0 saturated carbocycles. The number of likely N-dealkylation sites (tertiary alicyclic amines) is 1. The number of piperidine rings is 1. The number of nitrogens with one attached hydrogen (secondary N) is 2. The number of urea groups is 1. The van der Waals surface area contributed by atoms with Crippen LogP contribution in [0.4, 0.5) is 4.79 Å². The average molecular weight is 321 g/mol. The Bertz CT molecular complexity index is 494. The minimum absolute atomic E-state index is 0.0160. The fourth-order valence-corrected chi connectivity index (χ4v) is 3.31. The zero-order valence-corrected chi connectivity index (χ0v) is 15.0. The van der Waals surface area contributed by atoms with E-state index in [1.807, 2.05) is 20.9 Å². The molecule has 23 heavy (non-hydrogen) atoms. The number of aryl methyl sites for hydroxylation is 2. The summed E-state index contributed by atoms with van der Waals surface area (Å²) in [7, 11) is 4.04. The smallest absolute Gasteiger partial charge is 0.317 e. The molecule has 1 fully saturated rings. The van der Waals surface area contributed by atoms with Gasteiger partial charge in [0.15, 0.2) is 0 Å². The van der Waals surface area contributed by atoms with E-state index in [1.54, 1.807) is 4.90 Å². The van der Waals surface area contributed by atoms with Crippen molar-refractivity contribution in [2.24, 2.45) is 0 Å². The number of hydrogen-bond acceptors (Lipinski definition) is 3. The summed E-state index contributed by atoms with van der Waals surface area (Å²) in [6.07, 6.45) is 5.74. The van der Waals surface area contributed by atoms with Crippen molar-refractivity contribution in [3.8, 4) is 0 Å². The summed E-state index contributed by atoms with van der Waals surface area (Å²) in [4.78, 5) is 16.4. The Morgan fingerprint density at radius 3 is 2.87 bits per heavy atom. The number of aromatic amines is 1. The maximum Gasteiger partial charge on any atom is 0.317 e. The molecule has 0 radical (unpaired) electrons.